The van der Waals surface area contributed by atoms with Gasteiger partial charge in [-0.3, -0.25) is 9.36 Å². The van der Waals surface area contributed by atoms with Crippen molar-refractivity contribution in [2.45, 2.75) is 25.5 Å². The number of hydrogen-bond donors (Lipinski definition) is 0. The lowest BCUT2D eigenvalue weighted by Gasteiger charge is -2.32. The highest BCUT2D eigenvalue weighted by Crippen LogP contribution is 2.51. The smallest absolute Gasteiger partial charge is 0.324 e. The van der Waals surface area contributed by atoms with E-state index in [0.717, 1.165) is 22.6 Å². The SMILES string of the molecule is O=C(OCc1ccccc1)[C@@H]1CCCN1P(=O)(c1ccccc1)c1ccccc1. The molecular weight excluding hydrogens is 381 g/mol. The fourth-order valence-corrected chi connectivity index (χ4v) is 6.93. The molecule has 1 heterocycles. The van der Waals surface area contributed by atoms with Crippen LogP contribution in [0.2, 0.25) is 0 Å². The van der Waals surface area contributed by atoms with Gasteiger partial charge in [0, 0.05) is 17.2 Å². The van der Waals surface area contributed by atoms with Crippen molar-refractivity contribution in [1.29, 1.82) is 0 Å². The summed E-state index contributed by atoms with van der Waals surface area (Å²) in [4.78, 5) is 13.0. The quantitative estimate of drug-likeness (QED) is 0.457. The van der Waals surface area contributed by atoms with E-state index in [0.29, 0.717) is 13.0 Å². The topological polar surface area (TPSA) is 46.6 Å². The van der Waals surface area contributed by atoms with Crippen LogP contribution in [-0.4, -0.2) is 23.2 Å². The number of carbonyl (C=O) groups is 1. The first kappa shape index (κ1) is 19.6. The van der Waals surface area contributed by atoms with Crippen LogP contribution in [0.5, 0.6) is 0 Å². The molecule has 0 bridgehead atoms. The van der Waals surface area contributed by atoms with Gasteiger partial charge in [-0.2, -0.15) is 0 Å². The largest absolute Gasteiger partial charge is 0.460 e. The Kier molecular flexibility index (Phi) is 5.94. The molecule has 4 rings (SSSR count). The van der Waals surface area contributed by atoms with Crippen LogP contribution in [0.15, 0.2) is 91.0 Å². The molecule has 0 saturated carbocycles. The van der Waals surface area contributed by atoms with Crippen molar-refractivity contribution in [3.05, 3.63) is 96.6 Å². The average molecular weight is 405 g/mol. The number of benzene rings is 3. The Morgan fingerprint density at radius 3 is 1.93 bits per heavy atom. The summed E-state index contributed by atoms with van der Waals surface area (Å²) in [6.07, 6.45) is 1.46. The van der Waals surface area contributed by atoms with E-state index in [2.05, 4.69) is 0 Å². The second-order valence-electron chi connectivity index (χ2n) is 7.16. The van der Waals surface area contributed by atoms with Gasteiger partial charge in [0.2, 0.25) is 7.29 Å². The standard InChI is InChI=1S/C24H24NO3P/c26-24(28-19-20-11-4-1-5-12-20)23-17-10-18-25(23)29(27,21-13-6-2-7-14-21)22-15-8-3-9-16-22/h1-9,11-16,23H,10,17-19H2/t23-/m0/s1. The molecule has 1 aliphatic heterocycles. The van der Waals surface area contributed by atoms with Gasteiger partial charge < -0.3 is 4.74 Å². The lowest BCUT2D eigenvalue weighted by atomic mass is 10.2. The molecule has 0 aliphatic carbocycles. The minimum absolute atomic E-state index is 0.227. The molecule has 0 N–H and O–H groups in total. The first-order valence-corrected chi connectivity index (χ1v) is 11.5. The highest BCUT2D eigenvalue weighted by molar-refractivity contribution is 7.76. The summed E-state index contributed by atoms with van der Waals surface area (Å²) in [7, 11) is -3.14. The zero-order valence-corrected chi connectivity index (χ0v) is 17.1. The maximum atomic E-state index is 14.5. The van der Waals surface area contributed by atoms with Crippen LogP contribution in [-0.2, 0) is 20.7 Å². The molecule has 4 nitrogen and oxygen atoms in total. The maximum absolute atomic E-state index is 14.5. The number of hydrogen-bond acceptors (Lipinski definition) is 3. The molecule has 3 aromatic carbocycles. The van der Waals surface area contributed by atoms with Gasteiger partial charge in [0.25, 0.3) is 0 Å². The molecule has 0 aromatic heterocycles. The van der Waals surface area contributed by atoms with Crippen LogP contribution >= 0.6 is 7.29 Å². The van der Waals surface area contributed by atoms with E-state index in [-0.39, 0.29) is 12.6 Å². The van der Waals surface area contributed by atoms with Crippen molar-refractivity contribution < 1.29 is 14.1 Å². The van der Waals surface area contributed by atoms with Crippen LogP contribution < -0.4 is 10.6 Å². The molecule has 1 fully saturated rings. The molecule has 5 heteroatoms. The Bertz CT molecular complexity index is 949. The van der Waals surface area contributed by atoms with Crippen LogP contribution in [0.25, 0.3) is 0 Å². The predicted molar refractivity (Wildman–Crippen MR) is 116 cm³/mol. The van der Waals surface area contributed by atoms with E-state index in [1.807, 2.05) is 95.7 Å². The van der Waals surface area contributed by atoms with E-state index in [9.17, 15) is 9.36 Å². The Balaban J connectivity index is 1.64. The van der Waals surface area contributed by atoms with Gasteiger partial charge in [-0.25, -0.2) is 4.67 Å². The molecule has 1 saturated heterocycles. The number of nitrogens with zero attached hydrogens (tertiary/aromatic N) is 1. The molecule has 1 aliphatic rings. The lowest BCUT2D eigenvalue weighted by molar-refractivity contribution is -0.148. The van der Waals surface area contributed by atoms with Crippen LogP contribution in [0.4, 0.5) is 0 Å². The molecule has 148 valence electrons. The summed E-state index contributed by atoms with van der Waals surface area (Å²) < 4.78 is 22.0. The highest BCUT2D eigenvalue weighted by Gasteiger charge is 2.44. The van der Waals surface area contributed by atoms with Crippen molar-refractivity contribution in [3.63, 3.8) is 0 Å². The van der Waals surface area contributed by atoms with Crippen LogP contribution in [0, 0.1) is 0 Å². The van der Waals surface area contributed by atoms with Gasteiger partial charge in [0.1, 0.15) is 12.6 Å². The molecule has 1 atom stereocenters. The minimum atomic E-state index is -3.14. The predicted octanol–water partition coefficient (Wildman–Crippen LogP) is 4.12. The first-order valence-electron chi connectivity index (χ1n) is 9.88. The summed E-state index contributed by atoms with van der Waals surface area (Å²) in [5, 5.41) is 1.49. The molecule has 0 unspecified atom stereocenters. The van der Waals surface area contributed by atoms with Crippen molar-refractivity contribution >= 4 is 23.9 Å². The molecule has 3 aromatic rings. The number of ether oxygens (including phenoxy) is 1. The van der Waals surface area contributed by atoms with Crippen LogP contribution in [0.3, 0.4) is 0 Å². The lowest BCUT2D eigenvalue weighted by Crippen LogP contribution is -2.40. The second kappa shape index (κ2) is 8.77. The zero-order chi connectivity index (χ0) is 20.1. The molecule has 0 spiro atoms. The minimum Gasteiger partial charge on any atom is -0.460 e. The second-order valence-corrected chi connectivity index (χ2v) is 9.86. The van der Waals surface area contributed by atoms with Crippen molar-refractivity contribution in [2.24, 2.45) is 0 Å². The van der Waals surface area contributed by atoms with Gasteiger partial charge >= 0.3 is 5.97 Å². The molecule has 29 heavy (non-hydrogen) atoms. The van der Waals surface area contributed by atoms with Gasteiger partial charge in [0.15, 0.2) is 0 Å². The Labute approximate surface area is 171 Å². The van der Waals surface area contributed by atoms with Gasteiger partial charge in [0.05, 0.1) is 0 Å². The third kappa shape index (κ3) is 4.05. The maximum Gasteiger partial charge on any atom is 0.324 e. The Morgan fingerprint density at radius 1 is 0.862 bits per heavy atom. The van der Waals surface area contributed by atoms with E-state index < -0.39 is 13.3 Å². The van der Waals surface area contributed by atoms with E-state index in [4.69, 9.17) is 4.74 Å². The van der Waals surface area contributed by atoms with Gasteiger partial charge in [-0.05, 0) is 42.7 Å². The Morgan fingerprint density at radius 2 is 1.38 bits per heavy atom. The summed E-state index contributed by atoms with van der Waals surface area (Å²) in [6, 6.07) is 28.1. The molecule has 0 amide bonds. The van der Waals surface area contributed by atoms with E-state index in [1.54, 1.807) is 0 Å². The monoisotopic (exact) mass is 405 g/mol. The normalized spacial score (nSPS) is 17.2. The highest BCUT2D eigenvalue weighted by atomic mass is 31.2. The first-order chi connectivity index (χ1) is 14.2. The molecular formula is C24H24NO3P. The fraction of sp³-hybridized carbons (Fsp3) is 0.208. The molecule has 0 radical (unpaired) electrons. The average Bonchev–Trinajstić information content (AvgIpc) is 3.29. The van der Waals surface area contributed by atoms with Crippen molar-refractivity contribution in [1.82, 2.24) is 4.67 Å². The summed E-state index contributed by atoms with van der Waals surface area (Å²) in [5.41, 5.74) is 0.944. The number of rotatable bonds is 6. The number of esters is 1. The van der Waals surface area contributed by atoms with Gasteiger partial charge in [-0.15, -0.1) is 0 Å². The van der Waals surface area contributed by atoms with Crippen molar-refractivity contribution in [2.75, 3.05) is 6.54 Å². The third-order valence-electron chi connectivity index (χ3n) is 5.29. The zero-order valence-electron chi connectivity index (χ0n) is 16.2. The summed E-state index contributed by atoms with van der Waals surface area (Å²) in [6.45, 7) is 0.831. The van der Waals surface area contributed by atoms with Gasteiger partial charge in [-0.1, -0.05) is 66.7 Å². The Hall–Kier alpha value is -2.68. The van der Waals surface area contributed by atoms with E-state index >= 15 is 0 Å². The fourth-order valence-electron chi connectivity index (χ4n) is 3.86. The number of carbonyl (C=O) groups excluding carboxylic acids is 1. The van der Waals surface area contributed by atoms with Crippen molar-refractivity contribution in [3.8, 4) is 0 Å². The summed E-state index contributed by atoms with van der Waals surface area (Å²) >= 11 is 0. The third-order valence-corrected chi connectivity index (χ3v) is 8.49. The van der Waals surface area contributed by atoms with Crippen LogP contribution in [0.1, 0.15) is 18.4 Å². The summed E-state index contributed by atoms with van der Waals surface area (Å²) in [5.74, 6) is -0.307. The van der Waals surface area contributed by atoms with E-state index in [1.165, 1.54) is 0 Å².